The van der Waals surface area contributed by atoms with Gasteiger partial charge in [-0.15, -0.1) is 0 Å². The summed E-state index contributed by atoms with van der Waals surface area (Å²) in [6.07, 6.45) is -2.82. The number of piperazine rings is 1. The Labute approximate surface area is 184 Å². The van der Waals surface area contributed by atoms with Crippen molar-refractivity contribution in [2.24, 2.45) is 0 Å². The van der Waals surface area contributed by atoms with Crippen LogP contribution in [-0.4, -0.2) is 55.7 Å². The van der Waals surface area contributed by atoms with E-state index >= 15 is 0 Å². The number of alkyl halides is 3. The van der Waals surface area contributed by atoms with E-state index in [0.29, 0.717) is 30.9 Å². The molecule has 0 saturated carbocycles. The molecule has 1 N–H and O–H groups in total. The van der Waals surface area contributed by atoms with Crippen molar-refractivity contribution in [2.75, 3.05) is 43.0 Å². The summed E-state index contributed by atoms with van der Waals surface area (Å²) in [5.74, 6) is -1.33. The molecular formula is C23H26F3N3O3. The molecule has 1 heterocycles. The highest BCUT2D eigenvalue weighted by molar-refractivity contribution is 6.04. The average molecular weight is 449 g/mol. The van der Waals surface area contributed by atoms with Crippen LogP contribution >= 0.6 is 0 Å². The van der Waals surface area contributed by atoms with Crippen LogP contribution in [0.2, 0.25) is 0 Å². The summed E-state index contributed by atoms with van der Waals surface area (Å²) < 4.78 is 43.3. The molecule has 2 amide bonds. The van der Waals surface area contributed by atoms with Gasteiger partial charge in [0.15, 0.2) is 0 Å². The van der Waals surface area contributed by atoms with Gasteiger partial charge in [0.25, 0.3) is 5.91 Å². The van der Waals surface area contributed by atoms with Crippen molar-refractivity contribution in [2.45, 2.75) is 25.9 Å². The van der Waals surface area contributed by atoms with Crippen molar-refractivity contribution in [3.05, 3.63) is 54.1 Å². The van der Waals surface area contributed by atoms with E-state index < -0.39 is 12.1 Å². The van der Waals surface area contributed by atoms with E-state index in [9.17, 15) is 22.8 Å². The molecule has 1 aliphatic heterocycles. The van der Waals surface area contributed by atoms with Crippen LogP contribution in [0, 0.1) is 0 Å². The fraction of sp³-hybridized carbons (Fsp3) is 0.391. The lowest BCUT2D eigenvalue weighted by Gasteiger charge is -2.36. The van der Waals surface area contributed by atoms with Crippen molar-refractivity contribution in [3.8, 4) is 5.75 Å². The Morgan fingerprint density at radius 2 is 1.59 bits per heavy atom. The van der Waals surface area contributed by atoms with Crippen LogP contribution in [0.1, 0.15) is 30.1 Å². The van der Waals surface area contributed by atoms with Crippen LogP contribution in [0.5, 0.6) is 5.75 Å². The van der Waals surface area contributed by atoms with Crippen LogP contribution in [0.25, 0.3) is 0 Å². The number of anilines is 2. The summed E-state index contributed by atoms with van der Waals surface area (Å²) in [4.78, 5) is 26.5. The van der Waals surface area contributed by atoms with Gasteiger partial charge in [-0.05, 0) is 55.0 Å². The van der Waals surface area contributed by atoms with Crippen molar-refractivity contribution < 1.29 is 27.5 Å². The Bertz CT molecular complexity index is 907. The number of amides is 2. The Morgan fingerprint density at radius 1 is 0.969 bits per heavy atom. The second kappa shape index (κ2) is 10.4. The summed E-state index contributed by atoms with van der Waals surface area (Å²) in [6.45, 7) is 3.36. The van der Waals surface area contributed by atoms with Gasteiger partial charge in [-0.1, -0.05) is 13.3 Å². The van der Waals surface area contributed by atoms with Gasteiger partial charge in [-0.25, -0.2) is 0 Å². The smallest absolute Gasteiger partial charge is 0.471 e. The third-order valence-corrected chi connectivity index (χ3v) is 5.18. The number of hydrogen-bond acceptors (Lipinski definition) is 4. The number of ether oxygens (including phenoxy) is 1. The average Bonchev–Trinajstić information content (AvgIpc) is 2.79. The number of nitrogens with one attached hydrogen (secondary N) is 1. The maximum absolute atomic E-state index is 12.6. The maximum atomic E-state index is 12.6. The van der Waals surface area contributed by atoms with Crippen molar-refractivity contribution in [1.29, 1.82) is 0 Å². The number of carbonyl (C=O) groups is 2. The third kappa shape index (κ3) is 6.15. The van der Waals surface area contributed by atoms with Gasteiger partial charge in [0.05, 0.1) is 6.61 Å². The first-order chi connectivity index (χ1) is 15.3. The minimum atomic E-state index is -4.84. The van der Waals surface area contributed by atoms with Gasteiger partial charge in [0, 0.05) is 43.1 Å². The zero-order valence-corrected chi connectivity index (χ0v) is 17.8. The standard InChI is InChI=1S/C23H26F3N3O3/c1-2-3-16-32-20-10-4-17(5-11-20)21(30)27-18-6-8-19(9-7-18)28-12-14-29(15-13-28)22(31)23(24,25)26/h4-11H,2-3,12-16H2,1H3,(H,27,30). The number of rotatable bonds is 7. The van der Waals surface area contributed by atoms with Gasteiger partial charge in [0.1, 0.15) is 5.75 Å². The fourth-order valence-corrected chi connectivity index (χ4v) is 3.34. The number of carbonyl (C=O) groups excluding carboxylic acids is 2. The molecule has 0 unspecified atom stereocenters. The molecule has 0 bridgehead atoms. The monoisotopic (exact) mass is 449 g/mol. The molecule has 0 radical (unpaired) electrons. The van der Waals surface area contributed by atoms with Crippen LogP contribution in [0.4, 0.5) is 24.5 Å². The normalized spacial score (nSPS) is 14.2. The van der Waals surface area contributed by atoms with Crippen LogP contribution in [0.15, 0.2) is 48.5 Å². The lowest BCUT2D eigenvalue weighted by molar-refractivity contribution is -0.185. The lowest BCUT2D eigenvalue weighted by atomic mass is 10.2. The number of benzene rings is 2. The van der Waals surface area contributed by atoms with Gasteiger partial charge in [-0.2, -0.15) is 13.2 Å². The number of halogens is 3. The van der Waals surface area contributed by atoms with E-state index in [2.05, 4.69) is 12.2 Å². The second-order valence-electron chi connectivity index (χ2n) is 7.50. The van der Waals surface area contributed by atoms with Crippen LogP contribution in [0.3, 0.4) is 0 Å². The molecule has 6 nitrogen and oxygen atoms in total. The van der Waals surface area contributed by atoms with E-state index in [4.69, 9.17) is 4.74 Å². The molecule has 1 aliphatic rings. The predicted molar refractivity (Wildman–Crippen MR) is 116 cm³/mol. The predicted octanol–water partition coefficient (Wildman–Crippen LogP) is 4.33. The van der Waals surface area contributed by atoms with Gasteiger partial charge < -0.3 is 19.9 Å². The molecule has 0 atom stereocenters. The molecule has 0 spiro atoms. The largest absolute Gasteiger partial charge is 0.494 e. The van der Waals surface area contributed by atoms with Crippen LogP contribution < -0.4 is 15.0 Å². The highest BCUT2D eigenvalue weighted by atomic mass is 19.4. The third-order valence-electron chi connectivity index (χ3n) is 5.18. The van der Waals surface area contributed by atoms with Crippen LogP contribution in [-0.2, 0) is 4.79 Å². The van der Waals surface area contributed by atoms with Gasteiger partial charge in [0.2, 0.25) is 0 Å². The van der Waals surface area contributed by atoms with E-state index in [0.717, 1.165) is 29.2 Å². The fourth-order valence-electron chi connectivity index (χ4n) is 3.34. The molecule has 0 aliphatic carbocycles. The number of hydrogen-bond donors (Lipinski definition) is 1. The van der Waals surface area contributed by atoms with Crippen molar-refractivity contribution in [1.82, 2.24) is 4.90 Å². The SMILES string of the molecule is CCCCOc1ccc(C(=O)Nc2ccc(N3CCN(C(=O)C(F)(F)F)CC3)cc2)cc1. The first-order valence-corrected chi connectivity index (χ1v) is 10.5. The molecule has 3 rings (SSSR count). The Morgan fingerprint density at radius 3 is 2.16 bits per heavy atom. The zero-order valence-electron chi connectivity index (χ0n) is 17.8. The number of nitrogens with zero attached hydrogens (tertiary/aromatic N) is 2. The molecule has 172 valence electrons. The van der Waals surface area contributed by atoms with Gasteiger partial charge >= 0.3 is 12.1 Å². The van der Waals surface area contributed by atoms with E-state index in [1.165, 1.54) is 0 Å². The topological polar surface area (TPSA) is 61.9 Å². The molecule has 9 heteroatoms. The Hall–Kier alpha value is -3.23. The molecule has 1 saturated heterocycles. The Balaban J connectivity index is 1.51. The van der Waals surface area contributed by atoms with E-state index in [1.54, 1.807) is 48.5 Å². The molecule has 2 aromatic rings. The first-order valence-electron chi connectivity index (χ1n) is 10.5. The summed E-state index contributed by atoms with van der Waals surface area (Å²) in [5, 5.41) is 2.82. The maximum Gasteiger partial charge on any atom is 0.471 e. The Kier molecular flexibility index (Phi) is 7.61. The first kappa shape index (κ1) is 23.4. The highest BCUT2D eigenvalue weighted by Gasteiger charge is 2.43. The van der Waals surface area contributed by atoms with Crippen molar-refractivity contribution >= 4 is 23.2 Å². The van der Waals surface area contributed by atoms with Gasteiger partial charge in [-0.3, -0.25) is 9.59 Å². The van der Waals surface area contributed by atoms with E-state index in [1.807, 2.05) is 4.90 Å². The molecule has 0 aromatic heterocycles. The minimum absolute atomic E-state index is 0.00891. The molecular weight excluding hydrogens is 423 g/mol. The molecule has 1 fully saturated rings. The zero-order chi connectivity index (χ0) is 23.1. The highest BCUT2D eigenvalue weighted by Crippen LogP contribution is 2.23. The summed E-state index contributed by atoms with van der Waals surface area (Å²) >= 11 is 0. The number of unbranched alkanes of at least 4 members (excludes halogenated alkanes) is 1. The lowest BCUT2D eigenvalue weighted by Crippen LogP contribution is -2.52. The van der Waals surface area contributed by atoms with Crippen molar-refractivity contribution in [3.63, 3.8) is 0 Å². The molecule has 2 aromatic carbocycles. The summed E-state index contributed by atoms with van der Waals surface area (Å²) in [5.41, 5.74) is 1.92. The van der Waals surface area contributed by atoms with E-state index in [-0.39, 0.29) is 19.0 Å². The minimum Gasteiger partial charge on any atom is -0.494 e. The molecule has 32 heavy (non-hydrogen) atoms. The summed E-state index contributed by atoms with van der Waals surface area (Å²) in [7, 11) is 0. The second-order valence-corrected chi connectivity index (χ2v) is 7.50. The summed E-state index contributed by atoms with van der Waals surface area (Å²) in [6, 6.07) is 14.0. The quantitative estimate of drug-likeness (QED) is 0.640.